The standard InChI is InChI=1S/C11H10F3NO2S/c1-15(2)6-7(10(17)11(12,13)14)9(16)8-4-3-5-18-8/h3-6H,1-2H3/b7-6-. The van der Waals surface area contributed by atoms with Crippen molar-refractivity contribution < 1.29 is 22.8 Å². The van der Waals surface area contributed by atoms with Gasteiger partial charge >= 0.3 is 6.18 Å². The molecule has 0 bridgehead atoms. The molecule has 0 saturated heterocycles. The Morgan fingerprint density at radius 2 is 1.94 bits per heavy atom. The number of carbonyl (C=O) groups is 2. The molecule has 18 heavy (non-hydrogen) atoms. The van der Waals surface area contributed by atoms with E-state index >= 15 is 0 Å². The van der Waals surface area contributed by atoms with Gasteiger partial charge in [0, 0.05) is 20.3 Å². The first-order valence-electron chi connectivity index (χ1n) is 4.81. The number of Topliss-reactive ketones (excluding diaryl/α,β-unsaturated/α-hetero) is 2. The minimum absolute atomic E-state index is 0.0979. The van der Waals surface area contributed by atoms with Gasteiger partial charge in [-0.05, 0) is 11.4 Å². The number of hydrogen-bond donors (Lipinski definition) is 0. The first kappa shape index (κ1) is 14.4. The molecule has 7 heteroatoms. The number of allylic oxidation sites excluding steroid dienone is 1. The minimum atomic E-state index is -5.06. The lowest BCUT2D eigenvalue weighted by Crippen LogP contribution is -2.29. The van der Waals surface area contributed by atoms with Crippen molar-refractivity contribution in [3.8, 4) is 0 Å². The highest BCUT2D eigenvalue weighted by Gasteiger charge is 2.43. The van der Waals surface area contributed by atoms with Gasteiger partial charge in [0.25, 0.3) is 5.78 Å². The fraction of sp³-hybridized carbons (Fsp3) is 0.273. The largest absolute Gasteiger partial charge is 0.455 e. The summed E-state index contributed by atoms with van der Waals surface area (Å²) in [6, 6.07) is 2.91. The van der Waals surface area contributed by atoms with Crippen LogP contribution in [0.4, 0.5) is 13.2 Å². The molecule has 0 N–H and O–H groups in total. The lowest BCUT2D eigenvalue weighted by atomic mass is 10.1. The molecule has 0 unspecified atom stereocenters. The zero-order chi connectivity index (χ0) is 13.9. The van der Waals surface area contributed by atoms with Crippen molar-refractivity contribution in [2.24, 2.45) is 0 Å². The molecule has 1 rings (SSSR count). The molecule has 0 aliphatic rings. The number of alkyl halides is 3. The van der Waals surface area contributed by atoms with E-state index in [2.05, 4.69) is 0 Å². The molecule has 1 heterocycles. The second kappa shape index (κ2) is 5.34. The summed E-state index contributed by atoms with van der Waals surface area (Å²) >= 11 is 0.986. The van der Waals surface area contributed by atoms with Crippen molar-refractivity contribution in [3.63, 3.8) is 0 Å². The Hall–Kier alpha value is -1.63. The summed E-state index contributed by atoms with van der Waals surface area (Å²) < 4.78 is 37.2. The summed E-state index contributed by atoms with van der Waals surface area (Å²) in [6.45, 7) is 0. The van der Waals surface area contributed by atoms with E-state index in [1.165, 1.54) is 31.1 Å². The lowest BCUT2D eigenvalue weighted by molar-refractivity contribution is -0.166. The van der Waals surface area contributed by atoms with Crippen LogP contribution < -0.4 is 0 Å². The average Bonchev–Trinajstić information content (AvgIpc) is 2.75. The third-order valence-electron chi connectivity index (χ3n) is 1.88. The third kappa shape index (κ3) is 3.43. The Bertz CT molecular complexity index is 475. The predicted octanol–water partition coefficient (Wildman–Crippen LogP) is 2.51. The normalized spacial score (nSPS) is 12.4. The van der Waals surface area contributed by atoms with Gasteiger partial charge in [-0.15, -0.1) is 11.3 Å². The van der Waals surface area contributed by atoms with E-state index in [1.807, 2.05) is 0 Å². The van der Waals surface area contributed by atoms with Crippen LogP contribution in [0, 0.1) is 0 Å². The van der Waals surface area contributed by atoms with Gasteiger partial charge in [0.05, 0.1) is 10.5 Å². The Kier molecular flexibility index (Phi) is 4.28. The van der Waals surface area contributed by atoms with E-state index in [1.54, 1.807) is 5.38 Å². The van der Waals surface area contributed by atoms with Crippen LogP contribution in [-0.2, 0) is 4.79 Å². The fourth-order valence-electron chi connectivity index (χ4n) is 1.17. The van der Waals surface area contributed by atoms with Crippen LogP contribution in [-0.4, -0.2) is 36.7 Å². The van der Waals surface area contributed by atoms with Crippen LogP contribution >= 0.6 is 11.3 Å². The lowest BCUT2D eigenvalue weighted by Gasteiger charge is -2.11. The highest BCUT2D eigenvalue weighted by Crippen LogP contribution is 2.24. The van der Waals surface area contributed by atoms with Crippen LogP contribution in [0.25, 0.3) is 0 Å². The molecule has 1 aromatic heterocycles. The second-order valence-electron chi connectivity index (χ2n) is 3.64. The molecule has 0 atom stereocenters. The van der Waals surface area contributed by atoms with Crippen molar-refractivity contribution in [1.82, 2.24) is 4.90 Å². The van der Waals surface area contributed by atoms with Gasteiger partial charge in [0.15, 0.2) is 0 Å². The first-order valence-corrected chi connectivity index (χ1v) is 5.69. The smallest absolute Gasteiger partial charge is 0.383 e. The highest BCUT2D eigenvalue weighted by atomic mass is 32.1. The van der Waals surface area contributed by atoms with Crippen LogP contribution in [0.1, 0.15) is 9.67 Å². The van der Waals surface area contributed by atoms with Gasteiger partial charge in [0.2, 0.25) is 5.78 Å². The van der Waals surface area contributed by atoms with E-state index in [4.69, 9.17) is 0 Å². The van der Waals surface area contributed by atoms with Crippen LogP contribution in [0.2, 0.25) is 0 Å². The van der Waals surface area contributed by atoms with Gasteiger partial charge in [0.1, 0.15) is 0 Å². The summed E-state index contributed by atoms with van der Waals surface area (Å²) in [5.74, 6) is -3.05. The first-order chi connectivity index (χ1) is 8.23. The molecule has 0 aliphatic carbocycles. The summed E-state index contributed by atoms with van der Waals surface area (Å²) in [7, 11) is 2.87. The number of ketones is 2. The van der Waals surface area contributed by atoms with Crippen molar-refractivity contribution >= 4 is 22.9 Å². The number of nitrogens with zero attached hydrogens (tertiary/aromatic N) is 1. The van der Waals surface area contributed by atoms with Gasteiger partial charge < -0.3 is 4.90 Å². The molecule has 0 aliphatic heterocycles. The van der Waals surface area contributed by atoms with Gasteiger partial charge in [-0.2, -0.15) is 13.2 Å². The Labute approximate surface area is 106 Å². The molecule has 1 aromatic rings. The molecule has 0 radical (unpaired) electrons. The van der Waals surface area contributed by atoms with E-state index in [9.17, 15) is 22.8 Å². The number of hydrogen-bond acceptors (Lipinski definition) is 4. The highest BCUT2D eigenvalue weighted by molar-refractivity contribution is 7.12. The maximum Gasteiger partial charge on any atom is 0.455 e. The average molecular weight is 277 g/mol. The van der Waals surface area contributed by atoms with Crippen LogP contribution in [0.5, 0.6) is 0 Å². The van der Waals surface area contributed by atoms with Crippen molar-refractivity contribution in [1.29, 1.82) is 0 Å². The molecular weight excluding hydrogens is 267 g/mol. The Morgan fingerprint density at radius 1 is 1.33 bits per heavy atom. The third-order valence-corrected chi connectivity index (χ3v) is 2.75. The minimum Gasteiger partial charge on any atom is -0.383 e. The fourth-order valence-corrected chi connectivity index (χ4v) is 1.85. The number of carbonyl (C=O) groups excluding carboxylic acids is 2. The molecule has 0 saturated carbocycles. The molecule has 98 valence electrons. The van der Waals surface area contributed by atoms with Gasteiger partial charge in [-0.1, -0.05) is 6.07 Å². The molecular formula is C11H10F3NO2S. The van der Waals surface area contributed by atoms with E-state index in [0.29, 0.717) is 0 Å². The van der Waals surface area contributed by atoms with Crippen molar-refractivity contribution in [3.05, 3.63) is 34.2 Å². The van der Waals surface area contributed by atoms with Crippen LogP contribution in [0.3, 0.4) is 0 Å². The second-order valence-corrected chi connectivity index (χ2v) is 4.59. The summed E-state index contributed by atoms with van der Waals surface area (Å²) in [5, 5.41) is 1.55. The quantitative estimate of drug-likeness (QED) is 0.367. The monoisotopic (exact) mass is 277 g/mol. The van der Waals surface area contributed by atoms with Crippen LogP contribution in [0.15, 0.2) is 29.3 Å². The predicted molar refractivity (Wildman–Crippen MR) is 61.5 cm³/mol. The molecule has 0 aromatic carbocycles. The molecule has 0 fully saturated rings. The van der Waals surface area contributed by atoms with Gasteiger partial charge in [-0.25, -0.2) is 0 Å². The summed E-state index contributed by atoms with van der Waals surface area (Å²) in [6.07, 6.45) is -4.17. The van der Waals surface area contributed by atoms with E-state index in [0.717, 1.165) is 17.5 Å². The van der Waals surface area contributed by atoms with Gasteiger partial charge in [-0.3, -0.25) is 9.59 Å². The number of rotatable bonds is 4. The zero-order valence-electron chi connectivity index (χ0n) is 9.62. The van der Waals surface area contributed by atoms with Crippen molar-refractivity contribution in [2.45, 2.75) is 6.18 Å². The van der Waals surface area contributed by atoms with Crippen molar-refractivity contribution in [2.75, 3.05) is 14.1 Å². The SMILES string of the molecule is CN(C)/C=C(/C(=O)c1cccs1)C(=O)C(F)(F)F. The Morgan fingerprint density at radius 3 is 2.33 bits per heavy atom. The maximum atomic E-state index is 12.4. The number of halogens is 3. The number of thiophene rings is 1. The summed E-state index contributed by atoms with van der Waals surface area (Å²) in [4.78, 5) is 24.3. The topological polar surface area (TPSA) is 37.4 Å². The van der Waals surface area contributed by atoms with E-state index in [-0.39, 0.29) is 4.88 Å². The maximum absolute atomic E-state index is 12.4. The molecule has 0 spiro atoms. The van der Waals surface area contributed by atoms with E-state index < -0.39 is 23.3 Å². The Balaban J connectivity index is 3.16. The molecule has 0 amide bonds. The zero-order valence-corrected chi connectivity index (χ0v) is 10.4. The molecule has 3 nitrogen and oxygen atoms in total. The summed E-state index contributed by atoms with van der Waals surface area (Å²) in [5.41, 5.74) is -0.880.